The first-order chi connectivity index (χ1) is 12.1. The zero-order valence-electron chi connectivity index (χ0n) is 16.3. The van der Waals surface area contributed by atoms with Gasteiger partial charge in [0, 0.05) is 33.3 Å². The van der Waals surface area contributed by atoms with Gasteiger partial charge in [-0.2, -0.15) is 0 Å². The van der Waals surface area contributed by atoms with E-state index in [0.29, 0.717) is 23.2 Å². The number of halogens is 2. The fraction of sp³-hybridized carbons (Fsp3) is 0.455. The molecule has 0 aliphatic rings. The van der Waals surface area contributed by atoms with Gasteiger partial charge in [0.2, 0.25) is 0 Å². The number of hydrogen-bond donors (Lipinski definition) is 1. The van der Waals surface area contributed by atoms with Gasteiger partial charge in [-0.3, -0.25) is 0 Å². The Morgan fingerprint density at radius 2 is 1.62 bits per heavy atom. The normalized spacial score (nSPS) is 12.3. The third-order valence-corrected chi connectivity index (χ3v) is 4.70. The summed E-state index contributed by atoms with van der Waals surface area (Å²) in [6.45, 7) is 12.4. The van der Waals surface area contributed by atoms with Crippen molar-refractivity contribution in [1.82, 2.24) is 5.32 Å². The zero-order valence-corrected chi connectivity index (χ0v) is 17.8. The van der Waals surface area contributed by atoms with Crippen LogP contribution in [0.25, 0.3) is 0 Å². The summed E-state index contributed by atoms with van der Waals surface area (Å²) in [6, 6.07) is 13.5. The second-order valence-corrected chi connectivity index (χ2v) is 9.45. The van der Waals surface area contributed by atoms with Crippen LogP contribution in [0, 0.1) is 5.41 Å². The summed E-state index contributed by atoms with van der Waals surface area (Å²) in [5.74, 6) is 0.827. The molecule has 0 bridgehead atoms. The molecule has 0 unspecified atom stereocenters. The first-order valence-electron chi connectivity index (χ1n) is 8.95. The van der Waals surface area contributed by atoms with Gasteiger partial charge in [0.05, 0.1) is 0 Å². The Morgan fingerprint density at radius 3 is 2.27 bits per heavy atom. The average molecular weight is 394 g/mol. The van der Waals surface area contributed by atoms with Gasteiger partial charge >= 0.3 is 0 Å². The van der Waals surface area contributed by atoms with Crippen molar-refractivity contribution >= 4 is 23.2 Å². The Kier molecular flexibility index (Phi) is 7.01. The van der Waals surface area contributed by atoms with E-state index in [1.807, 2.05) is 42.5 Å². The van der Waals surface area contributed by atoms with Gasteiger partial charge in [-0.1, -0.05) is 62.2 Å². The molecular weight excluding hydrogens is 365 g/mol. The molecule has 2 aromatic rings. The Balaban J connectivity index is 2.08. The van der Waals surface area contributed by atoms with Gasteiger partial charge in [0.25, 0.3) is 0 Å². The van der Waals surface area contributed by atoms with Crippen molar-refractivity contribution in [3.05, 3.63) is 63.6 Å². The first-order valence-corrected chi connectivity index (χ1v) is 9.71. The van der Waals surface area contributed by atoms with Crippen molar-refractivity contribution in [2.75, 3.05) is 0 Å². The van der Waals surface area contributed by atoms with E-state index in [0.717, 1.165) is 23.3 Å². The molecule has 0 saturated carbocycles. The minimum atomic E-state index is 0.0145. The second-order valence-electron chi connectivity index (χ2n) is 8.61. The van der Waals surface area contributed by atoms with E-state index in [1.165, 1.54) is 0 Å². The minimum absolute atomic E-state index is 0.0145. The van der Waals surface area contributed by atoms with Crippen molar-refractivity contribution in [2.45, 2.75) is 59.7 Å². The predicted octanol–water partition coefficient (Wildman–Crippen LogP) is 6.88. The largest absolute Gasteiger partial charge is 0.489 e. The van der Waals surface area contributed by atoms with E-state index in [2.05, 4.69) is 39.9 Å². The van der Waals surface area contributed by atoms with Crippen LogP contribution in [0.3, 0.4) is 0 Å². The van der Waals surface area contributed by atoms with Crippen LogP contribution in [0.1, 0.15) is 52.2 Å². The molecular formula is C22H29Cl2NO. The lowest BCUT2D eigenvalue weighted by Gasteiger charge is -2.33. The van der Waals surface area contributed by atoms with E-state index in [4.69, 9.17) is 27.9 Å². The molecule has 0 aliphatic heterocycles. The molecule has 26 heavy (non-hydrogen) atoms. The predicted molar refractivity (Wildman–Crippen MR) is 112 cm³/mol. The molecule has 142 valence electrons. The first kappa shape index (κ1) is 21.1. The Hall–Kier alpha value is -1.22. The summed E-state index contributed by atoms with van der Waals surface area (Å²) in [4.78, 5) is 0. The molecule has 0 atom stereocenters. The molecule has 2 nitrogen and oxygen atoms in total. The molecule has 1 N–H and O–H groups in total. The molecule has 2 rings (SSSR count). The number of nitrogens with one attached hydrogen (secondary N) is 1. The van der Waals surface area contributed by atoms with Crippen LogP contribution in [-0.2, 0) is 13.2 Å². The fourth-order valence-electron chi connectivity index (χ4n) is 3.32. The number of benzene rings is 2. The van der Waals surface area contributed by atoms with Crippen LogP contribution in [0.5, 0.6) is 5.75 Å². The lowest BCUT2D eigenvalue weighted by molar-refractivity contribution is 0.238. The maximum atomic E-state index is 6.22. The summed E-state index contributed by atoms with van der Waals surface area (Å²) in [5.41, 5.74) is 2.29. The second kappa shape index (κ2) is 8.65. The topological polar surface area (TPSA) is 21.3 Å². The minimum Gasteiger partial charge on any atom is -0.489 e. The summed E-state index contributed by atoms with van der Waals surface area (Å²) < 4.78 is 6.04. The van der Waals surface area contributed by atoms with Crippen molar-refractivity contribution < 1.29 is 4.74 Å². The third kappa shape index (κ3) is 6.83. The molecule has 2 aromatic carbocycles. The molecule has 0 saturated heterocycles. The SMILES string of the molecule is CC(C)(C)CC(C)(C)NCc1cc(Cl)ccc1OCc1ccccc1Cl. The maximum Gasteiger partial charge on any atom is 0.124 e. The number of rotatable bonds is 7. The van der Waals surface area contributed by atoms with Crippen molar-refractivity contribution in [2.24, 2.45) is 5.41 Å². The van der Waals surface area contributed by atoms with Crippen LogP contribution < -0.4 is 10.1 Å². The molecule has 0 amide bonds. The summed E-state index contributed by atoms with van der Waals surface area (Å²) >= 11 is 12.4. The molecule has 0 aliphatic carbocycles. The highest BCUT2D eigenvalue weighted by atomic mass is 35.5. The summed E-state index contributed by atoms with van der Waals surface area (Å²) in [7, 11) is 0. The average Bonchev–Trinajstić information content (AvgIpc) is 2.51. The van der Waals surface area contributed by atoms with Crippen molar-refractivity contribution in [3.63, 3.8) is 0 Å². The highest BCUT2D eigenvalue weighted by molar-refractivity contribution is 6.31. The molecule has 0 spiro atoms. The Bertz CT molecular complexity index is 735. The van der Waals surface area contributed by atoms with Crippen molar-refractivity contribution in [3.8, 4) is 5.75 Å². The quantitative estimate of drug-likeness (QED) is 0.553. The number of ether oxygens (including phenoxy) is 1. The van der Waals surface area contributed by atoms with Gasteiger partial charge in [-0.15, -0.1) is 0 Å². The Labute approximate surface area is 167 Å². The van der Waals surface area contributed by atoms with E-state index >= 15 is 0 Å². The van der Waals surface area contributed by atoms with Gasteiger partial charge in [0.15, 0.2) is 0 Å². The highest BCUT2D eigenvalue weighted by Gasteiger charge is 2.25. The lowest BCUT2D eigenvalue weighted by atomic mass is 9.82. The lowest BCUT2D eigenvalue weighted by Crippen LogP contribution is -2.41. The van der Waals surface area contributed by atoms with Crippen LogP contribution in [-0.4, -0.2) is 5.54 Å². The van der Waals surface area contributed by atoms with Gasteiger partial charge in [-0.05, 0) is 49.9 Å². The monoisotopic (exact) mass is 393 g/mol. The fourth-order valence-corrected chi connectivity index (χ4v) is 3.71. The summed E-state index contributed by atoms with van der Waals surface area (Å²) in [5, 5.41) is 5.07. The standard InChI is InChI=1S/C22H29Cl2NO/c1-21(2,3)15-22(4,5)25-13-17-12-18(23)10-11-20(17)26-14-16-8-6-7-9-19(16)24/h6-12,25H,13-15H2,1-5H3. The molecule has 4 heteroatoms. The van der Waals surface area contributed by atoms with Gasteiger partial charge < -0.3 is 10.1 Å². The smallest absolute Gasteiger partial charge is 0.124 e. The van der Waals surface area contributed by atoms with E-state index in [9.17, 15) is 0 Å². The van der Waals surface area contributed by atoms with Crippen LogP contribution in [0.2, 0.25) is 10.0 Å². The maximum absolute atomic E-state index is 6.22. The van der Waals surface area contributed by atoms with E-state index < -0.39 is 0 Å². The van der Waals surface area contributed by atoms with Crippen LogP contribution in [0.15, 0.2) is 42.5 Å². The number of hydrogen-bond acceptors (Lipinski definition) is 2. The summed E-state index contributed by atoms with van der Waals surface area (Å²) in [6.07, 6.45) is 1.07. The zero-order chi connectivity index (χ0) is 19.4. The third-order valence-electron chi connectivity index (χ3n) is 4.09. The van der Waals surface area contributed by atoms with Crippen LogP contribution in [0.4, 0.5) is 0 Å². The van der Waals surface area contributed by atoms with E-state index in [-0.39, 0.29) is 11.0 Å². The van der Waals surface area contributed by atoms with Crippen LogP contribution >= 0.6 is 23.2 Å². The Morgan fingerprint density at radius 1 is 0.923 bits per heavy atom. The van der Waals surface area contributed by atoms with Crippen molar-refractivity contribution in [1.29, 1.82) is 0 Å². The molecule has 0 radical (unpaired) electrons. The molecule has 0 heterocycles. The van der Waals surface area contributed by atoms with Gasteiger partial charge in [-0.25, -0.2) is 0 Å². The molecule has 0 fully saturated rings. The van der Waals surface area contributed by atoms with Gasteiger partial charge in [0.1, 0.15) is 12.4 Å². The molecule has 0 aromatic heterocycles. The van der Waals surface area contributed by atoms with E-state index in [1.54, 1.807) is 0 Å². The highest BCUT2D eigenvalue weighted by Crippen LogP contribution is 2.29.